The van der Waals surface area contributed by atoms with E-state index in [1.165, 1.54) is 19.4 Å². The normalized spacial score (nSPS) is 12.3. The summed E-state index contributed by atoms with van der Waals surface area (Å²) in [6.07, 6.45) is -4.38. The van der Waals surface area contributed by atoms with Crippen molar-refractivity contribution in [1.82, 2.24) is 15.2 Å². The molecule has 10 heteroatoms. The summed E-state index contributed by atoms with van der Waals surface area (Å²) in [6.45, 7) is 0. The Kier molecular flexibility index (Phi) is 5.59. The number of nitrogens with zero attached hydrogens (tertiary/aromatic N) is 3. The number of alkyl halides is 3. The largest absolute Gasteiger partial charge is 0.480 e. The van der Waals surface area contributed by atoms with Gasteiger partial charge in [0.2, 0.25) is 5.88 Å². The average molecular weight is 391 g/mol. The average Bonchev–Trinajstić information content (AvgIpc) is 2.69. The Morgan fingerprint density at radius 3 is 2.46 bits per heavy atom. The van der Waals surface area contributed by atoms with Gasteiger partial charge in [-0.15, -0.1) is 10.2 Å². The third kappa shape index (κ3) is 4.65. The van der Waals surface area contributed by atoms with Crippen molar-refractivity contribution < 1.29 is 23.0 Å². The third-order valence-electron chi connectivity index (χ3n) is 3.72. The number of benzene rings is 1. The number of rotatable bonds is 6. The predicted molar refractivity (Wildman–Crippen MR) is 96.1 cm³/mol. The van der Waals surface area contributed by atoms with Crippen molar-refractivity contribution in [3.63, 3.8) is 0 Å². The molecule has 3 N–H and O–H groups in total. The van der Waals surface area contributed by atoms with E-state index in [0.29, 0.717) is 5.88 Å². The molecule has 0 fully saturated rings. The van der Waals surface area contributed by atoms with Gasteiger partial charge >= 0.3 is 6.18 Å². The minimum Gasteiger partial charge on any atom is -0.480 e. The molecule has 0 radical (unpaired) electrons. The summed E-state index contributed by atoms with van der Waals surface area (Å²) in [5, 5.41) is 23.5. The molecule has 1 atom stereocenters. The Balaban J connectivity index is 1.91. The van der Waals surface area contributed by atoms with Gasteiger partial charge < -0.3 is 20.5 Å². The number of hydrogen-bond acceptors (Lipinski definition) is 7. The second-order valence-electron chi connectivity index (χ2n) is 5.65. The van der Waals surface area contributed by atoms with Gasteiger partial charge in [-0.2, -0.15) is 13.2 Å². The lowest BCUT2D eigenvalue weighted by atomic mass is 10.1. The van der Waals surface area contributed by atoms with E-state index in [-0.39, 0.29) is 22.9 Å². The van der Waals surface area contributed by atoms with Crippen LogP contribution in [0.2, 0.25) is 0 Å². The maximum atomic E-state index is 13.1. The number of aliphatic hydroxyl groups excluding tert-OH is 1. The van der Waals surface area contributed by atoms with Crippen LogP contribution in [0.1, 0.15) is 17.5 Å². The molecule has 1 unspecified atom stereocenters. The SMILES string of the molecule is COc1ccc(Nc2ccc(C(F)(F)F)cc2NC(O)c2ccccn2)nn1. The molecule has 7 nitrogen and oxygen atoms in total. The summed E-state index contributed by atoms with van der Waals surface area (Å²) in [6, 6.07) is 11.0. The molecular formula is C18H16F3N5O2. The molecule has 3 aromatic rings. The highest BCUT2D eigenvalue weighted by molar-refractivity contribution is 5.74. The summed E-state index contributed by atoms with van der Waals surface area (Å²) < 4.78 is 44.3. The van der Waals surface area contributed by atoms with Gasteiger partial charge in [-0.25, -0.2) is 0 Å². The van der Waals surface area contributed by atoms with E-state index < -0.39 is 18.0 Å². The molecular weight excluding hydrogens is 375 g/mol. The topological polar surface area (TPSA) is 92.2 Å². The molecule has 0 aliphatic heterocycles. The maximum Gasteiger partial charge on any atom is 0.416 e. The minimum absolute atomic E-state index is 0.0191. The lowest BCUT2D eigenvalue weighted by Crippen LogP contribution is -2.14. The van der Waals surface area contributed by atoms with E-state index in [1.807, 2.05) is 0 Å². The first-order valence-corrected chi connectivity index (χ1v) is 8.08. The first-order valence-electron chi connectivity index (χ1n) is 8.08. The first-order chi connectivity index (χ1) is 13.4. The molecule has 0 amide bonds. The monoisotopic (exact) mass is 391 g/mol. The fourth-order valence-corrected chi connectivity index (χ4v) is 2.34. The zero-order valence-corrected chi connectivity index (χ0v) is 14.6. The highest BCUT2D eigenvalue weighted by Gasteiger charge is 2.31. The van der Waals surface area contributed by atoms with Crippen molar-refractivity contribution in [2.75, 3.05) is 17.7 Å². The van der Waals surface area contributed by atoms with Crippen molar-refractivity contribution in [2.45, 2.75) is 12.4 Å². The number of methoxy groups -OCH3 is 1. The Labute approximate surface area is 158 Å². The van der Waals surface area contributed by atoms with Gasteiger partial charge in [-0.1, -0.05) is 6.07 Å². The second-order valence-corrected chi connectivity index (χ2v) is 5.65. The van der Waals surface area contributed by atoms with Gasteiger partial charge in [0.1, 0.15) is 0 Å². The van der Waals surface area contributed by atoms with Crippen LogP contribution in [0.5, 0.6) is 5.88 Å². The fourth-order valence-electron chi connectivity index (χ4n) is 2.34. The van der Waals surface area contributed by atoms with E-state index in [4.69, 9.17) is 4.74 Å². The Bertz CT molecular complexity index is 921. The Morgan fingerprint density at radius 1 is 1.04 bits per heavy atom. The zero-order chi connectivity index (χ0) is 20.1. The van der Waals surface area contributed by atoms with E-state index >= 15 is 0 Å². The standard InChI is InChI=1S/C18H16F3N5O2/c1-28-16-8-7-15(25-26-16)23-12-6-5-11(18(19,20)21)10-14(12)24-17(27)13-4-2-3-9-22-13/h2-10,17,24,27H,1H3,(H,23,25). The van der Waals surface area contributed by atoms with Gasteiger partial charge in [-0.05, 0) is 36.4 Å². The van der Waals surface area contributed by atoms with Gasteiger partial charge in [-0.3, -0.25) is 4.98 Å². The number of nitrogens with one attached hydrogen (secondary N) is 2. The predicted octanol–water partition coefficient (Wildman–Crippen LogP) is 3.75. The molecule has 28 heavy (non-hydrogen) atoms. The summed E-state index contributed by atoms with van der Waals surface area (Å²) in [5.41, 5.74) is -0.322. The lowest BCUT2D eigenvalue weighted by molar-refractivity contribution is -0.137. The van der Waals surface area contributed by atoms with Crippen LogP contribution in [-0.4, -0.2) is 27.4 Å². The number of aliphatic hydroxyl groups is 1. The lowest BCUT2D eigenvalue weighted by Gasteiger charge is -2.19. The molecule has 0 spiro atoms. The molecule has 1 aromatic carbocycles. The van der Waals surface area contributed by atoms with Crippen LogP contribution in [0.3, 0.4) is 0 Å². The highest BCUT2D eigenvalue weighted by atomic mass is 19.4. The zero-order valence-electron chi connectivity index (χ0n) is 14.6. The van der Waals surface area contributed by atoms with Crippen molar-refractivity contribution in [2.24, 2.45) is 0 Å². The molecule has 0 saturated carbocycles. The van der Waals surface area contributed by atoms with Crippen LogP contribution in [0.25, 0.3) is 0 Å². The molecule has 3 rings (SSSR count). The Morgan fingerprint density at radius 2 is 1.86 bits per heavy atom. The molecule has 2 aromatic heterocycles. The van der Waals surface area contributed by atoms with Crippen molar-refractivity contribution >= 4 is 17.2 Å². The quantitative estimate of drug-likeness (QED) is 0.551. The second kappa shape index (κ2) is 8.09. The molecule has 0 saturated heterocycles. The summed E-state index contributed by atoms with van der Waals surface area (Å²) in [7, 11) is 1.44. The van der Waals surface area contributed by atoms with Crippen LogP contribution in [-0.2, 0) is 6.18 Å². The van der Waals surface area contributed by atoms with E-state index in [9.17, 15) is 18.3 Å². The van der Waals surface area contributed by atoms with Gasteiger partial charge in [0, 0.05) is 12.3 Å². The van der Waals surface area contributed by atoms with Gasteiger partial charge in [0.25, 0.3) is 0 Å². The maximum absolute atomic E-state index is 13.1. The van der Waals surface area contributed by atoms with Crippen LogP contribution < -0.4 is 15.4 Å². The minimum atomic E-state index is -4.54. The number of anilines is 3. The van der Waals surface area contributed by atoms with Crippen LogP contribution in [0, 0.1) is 0 Å². The van der Waals surface area contributed by atoms with Crippen molar-refractivity contribution in [3.05, 3.63) is 66.0 Å². The highest BCUT2D eigenvalue weighted by Crippen LogP contribution is 2.36. The van der Waals surface area contributed by atoms with Crippen LogP contribution >= 0.6 is 0 Å². The van der Waals surface area contributed by atoms with E-state index in [1.54, 1.807) is 30.3 Å². The number of aromatic nitrogens is 3. The molecule has 0 bridgehead atoms. The summed E-state index contributed by atoms with van der Waals surface area (Å²) >= 11 is 0. The van der Waals surface area contributed by atoms with Crippen LogP contribution in [0.4, 0.5) is 30.4 Å². The molecule has 0 aliphatic carbocycles. The van der Waals surface area contributed by atoms with E-state index in [0.717, 1.165) is 12.1 Å². The van der Waals surface area contributed by atoms with Gasteiger partial charge in [0.15, 0.2) is 12.0 Å². The molecule has 2 heterocycles. The summed E-state index contributed by atoms with van der Waals surface area (Å²) in [4.78, 5) is 3.99. The van der Waals surface area contributed by atoms with Crippen molar-refractivity contribution in [1.29, 1.82) is 0 Å². The fraction of sp³-hybridized carbons (Fsp3) is 0.167. The number of halogens is 3. The van der Waals surface area contributed by atoms with E-state index in [2.05, 4.69) is 25.8 Å². The number of ether oxygens (including phenoxy) is 1. The molecule has 0 aliphatic rings. The number of hydrogen-bond donors (Lipinski definition) is 3. The molecule has 146 valence electrons. The number of pyridine rings is 1. The van der Waals surface area contributed by atoms with Crippen LogP contribution in [0.15, 0.2) is 54.7 Å². The van der Waals surface area contributed by atoms with Gasteiger partial charge in [0.05, 0.1) is 29.7 Å². The summed E-state index contributed by atoms with van der Waals surface area (Å²) in [5.74, 6) is 0.581. The smallest absolute Gasteiger partial charge is 0.416 e. The van der Waals surface area contributed by atoms with Crippen molar-refractivity contribution in [3.8, 4) is 5.88 Å². The third-order valence-corrected chi connectivity index (χ3v) is 3.72. The Hall–Kier alpha value is -3.40. The first kappa shape index (κ1) is 19.4.